The van der Waals surface area contributed by atoms with Gasteiger partial charge in [-0.2, -0.15) is 10.2 Å². The highest BCUT2D eigenvalue weighted by Crippen LogP contribution is 2.52. The molecule has 0 saturated heterocycles. The fraction of sp³-hybridized carbons (Fsp3) is 0.300. The third kappa shape index (κ3) is 1.67. The van der Waals surface area contributed by atoms with E-state index in [0.29, 0.717) is 0 Å². The van der Waals surface area contributed by atoms with Crippen molar-refractivity contribution in [2.75, 3.05) is 0 Å². The molecule has 0 atom stereocenters. The fourth-order valence-corrected chi connectivity index (χ4v) is 4.00. The predicted molar refractivity (Wildman–Crippen MR) is 90.9 cm³/mol. The normalized spacial score (nSPS) is 20.2. The Hall–Kier alpha value is -2.22. The molecule has 0 N–H and O–H groups in total. The molecule has 0 unspecified atom stereocenters. The van der Waals surface area contributed by atoms with Gasteiger partial charge in [-0.1, -0.05) is 48.5 Å². The molecule has 1 aliphatic heterocycles. The Bertz CT molecular complexity index is 771. The molecule has 4 rings (SSSR count). The van der Waals surface area contributed by atoms with E-state index in [-0.39, 0.29) is 11.1 Å². The lowest BCUT2D eigenvalue weighted by Gasteiger charge is -2.27. The van der Waals surface area contributed by atoms with Crippen LogP contribution in [0.3, 0.4) is 0 Å². The van der Waals surface area contributed by atoms with Crippen LogP contribution in [-0.4, -0.2) is 11.1 Å². The van der Waals surface area contributed by atoms with E-state index in [1.807, 2.05) is 0 Å². The first-order valence-corrected chi connectivity index (χ1v) is 7.80. The van der Waals surface area contributed by atoms with Gasteiger partial charge in [-0.05, 0) is 61.1 Å². The Labute approximate surface area is 131 Å². The van der Waals surface area contributed by atoms with E-state index < -0.39 is 0 Å². The summed E-state index contributed by atoms with van der Waals surface area (Å²) < 4.78 is 0. The van der Waals surface area contributed by atoms with Crippen LogP contribution in [0.4, 0.5) is 0 Å². The van der Waals surface area contributed by atoms with Crippen molar-refractivity contribution in [2.24, 2.45) is 10.2 Å². The summed E-state index contributed by atoms with van der Waals surface area (Å²) in [5.41, 5.74) is 7.38. The fourth-order valence-electron chi connectivity index (χ4n) is 4.00. The minimum Gasteiger partial charge on any atom is -0.183 e. The molecule has 0 fully saturated rings. The van der Waals surface area contributed by atoms with E-state index in [4.69, 9.17) is 0 Å². The minimum absolute atomic E-state index is 0.261. The first-order valence-electron chi connectivity index (χ1n) is 7.80. The molecule has 22 heavy (non-hydrogen) atoms. The monoisotopic (exact) mass is 288 g/mol. The first kappa shape index (κ1) is 13.4. The lowest BCUT2D eigenvalue weighted by Crippen LogP contribution is -2.29. The standard InChI is InChI=1S/C20H20N2/c1-19(2)18(20(3,4)22-21-19)17-15-11-7-5-9-13(15)14-10-6-8-12-16(14)17/h5-12H,1-4H3. The van der Waals surface area contributed by atoms with Crippen LogP contribution in [0.25, 0.3) is 16.7 Å². The first-order chi connectivity index (χ1) is 10.4. The molecule has 2 aromatic rings. The third-order valence-electron chi connectivity index (χ3n) is 4.71. The lowest BCUT2D eigenvalue weighted by molar-refractivity contribution is 0.579. The summed E-state index contributed by atoms with van der Waals surface area (Å²) >= 11 is 0. The van der Waals surface area contributed by atoms with Crippen LogP contribution in [0.1, 0.15) is 38.8 Å². The number of hydrogen-bond donors (Lipinski definition) is 0. The largest absolute Gasteiger partial charge is 0.183 e. The summed E-state index contributed by atoms with van der Waals surface area (Å²) in [6.07, 6.45) is 0. The van der Waals surface area contributed by atoms with Gasteiger partial charge >= 0.3 is 0 Å². The van der Waals surface area contributed by atoms with Gasteiger partial charge in [0.1, 0.15) is 11.1 Å². The van der Waals surface area contributed by atoms with Crippen LogP contribution in [-0.2, 0) is 0 Å². The molecule has 0 saturated carbocycles. The Morgan fingerprint density at radius 1 is 0.591 bits per heavy atom. The zero-order valence-electron chi connectivity index (χ0n) is 13.5. The van der Waals surface area contributed by atoms with E-state index >= 15 is 0 Å². The molecule has 2 aliphatic rings. The van der Waals surface area contributed by atoms with Crippen LogP contribution in [0, 0.1) is 0 Å². The predicted octanol–water partition coefficient (Wildman–Crippen LogP) is 5.49. The zero-order chi connectivity index (χ0) is 15.5. The number of rotatable bonds is 0. The minimum atomic E-state index is -0.261. The average molecular weight is 288 g/mol. The van der Waals surface area contributed by atoms with Crippen molar-refractivity contribution >= 4 is 5.57 Å². The van der Waals surface area contributed by atoms with Gasteiger partial charge in [0.15, 0.2) is 0 Å². The second kappa shape index (κ2) is 4.16. The van der Waals surface area contributed by atoms with Gasteiger partial charge in [-0.3, -0.25) is 0 Å². The lowest BCUT2D eigenvalue weighted by atomic mass is 9.77. The Morgan fingerprint density at radius 2 is 0.955 bits per heavy atom. The van der Waals surface area contributed by atoms with Crippen molar-refractivity contribution in [2.45, 2.75) is 38.8 Å². The molecule has 0 aromatic heterocycles. The molecule has 0 spiro atoms. The molecule has 0 radical (unpaired) electrons. The molecule has 2 aromatic carbocycles. The van der Waals surface area contributed by atoms with Crippen molar-refractivity contribution in [3.8, 4) is 11.1 Å². The molecule has 1 heterocycles. The van der Waals surface area contributed by atoms with Gasteiger partial charge in [-0.15, -0.1) is 0 Å². The Kier molecular flexibility index (Phi) is 2.54. The highest BCUT2D eigenvalue weighted by atomic mass is 15.2. The van der Waals surface area contributed by atoms with Crippen molar-refractivity contribution < 1.29 is 0 Å². The molecule has 2 nitrogen and oxygen atoms in total. The van der Waals surface area contributed by atoms with Crippen LogP contribution >= 0.6 is 0 Å². The third-order valence-corrected chi connectivity index (χ3v) is 4.71. The summed E-state index contributed by atoms with van der Waals surface area (Å²) in [7, 11) is 0. The van der Waals surface area contributed by atoms with Crippen LogP contribution in [0.5, 0.6) is 0 Å². The Morgan fingerprint density at radius 3 is 1.36 bits per heavy atom. The summed E-state index contributed by atoms with van der Waals surface area (Å²) in [5.74, 6) is 0. The second-order valence-electron chi connectivity index (χ2n) is 7.16. The van der Waals surface area contributed by atoms with Crippen molar-refractivity contribution in [1.29, 1.82) is 0 Å². The molecular weight excluding hydrogens is 268 g/mol. The SMILES string of the molecule is CC1(C)N=NC(C)(C)C1=C1c2ccccc2-c2ccccc21. The summed E-state index contributed by atoms with van der Waals surface area (Å²) in [6, 6.07) is 17.3. The van der Waals surface area contributed by atoms with Gasteiger partial charge in [0, 0.05) is 0 Å². The number of fused-ring (bicyclic) bond motifs is 3. The maximum absolute atomic E-state index is 4.56. The molecule has 1 aliphatic carbocycles. The zero-order valence-corrected chi connectivity index (χ0v) is 13.5. The van der Waals surface area contributed by atoms with Crippen LogP contribution < -0.4 is 0 Å². The van der Waals surface area contributed by atoms with Crippen molar-refractivity contribution in [3.63, 3.8) is 0 Å². The maximum Gasteiger partial charge on any atom is 0.100 e. The highest BCUT2D eigenvalue weighted by Gasteiger charge is 2.45. The van der Waals surface area contributed by atoms with Crippen molar-refractivity contribution in [1.82, 2.24) is 0 Å². The molecule has 110 valence electrons. The van der Waals surface area contributed by atoms with Gasteiger partial charge in [0.05, 0.1) is 0 Å². The summed E-state index contributed by atoms with van der Waals surface area (Å²) in [4.78, 5) is 0. The van der Waals surface area contributed by atoms with Crippen molar-refractivity contribution in [3.05, 3.63) is 65.2 Å². The average Bonchev–Trinajstić information content (AvgIpc) is 2.91. The summed E-state index contributed by atoms with van der Waals surface area (Å²) in [6.45, 7) is 8.66. The number of azo groups is 1. The number of nitrogens with zero attached hydrogens (tertiary/aromatic N) is 2. The van der Waals surface area contributed by atoms with E-state index in [9.17, 15) is 0 Å². The highest BCUT2D eigenvalue weighted by molar-refractivity contribution is 6.03. The Balaban J connectivity index is 2.14. The van der Waals surface area contributed by atoms with E-state index in [0.717, 1.165) is 0 Å². The van der Waals surface area contributed by atoms with Crippen LogP contribution in [0.15, 0.2) is 64.3 Å². The molecule has 0 bridgehead atoms. The quantitative estimate of drug-likeness (QED) is 0.522. The second-order valence-corrected chi connectivity index (χ2v) is 7.16. The van der Waals surface area contributed by atoms with Gasteiger partial charge in [0.25, 0.3) is 0 Å². The molecular formula is C20H20N2. The van der Waals surface area contributed by atoms with Gasteiger partial charge < -0.3 is 0 Å². The number of hydrogen-bond acceptors (Lipinski definition) is 2. The van der Waals surface area contributed by atoms with E-state index in [2.05, 4.69) is 86.5 Å². The van der Waals surface area contributed by atoms with Gasteiger partial charge in [0.2, 0.25) is 0 Å². The van der Waals surface area contributed by atoms with E-state index in [1.54, 1.807) is 0 Å². The smallest absolute Gasteiger partial charge is 0.100 e. The van der Waals surface area contributed by atoms with Gasteiger partial charge in [-0.25, -0.2) is 0 Å². The number of benzene rings is 2. The van der Waals surface area contributed by atoms with Crippen LogP contribution in [0.2, 0.25) is 0 Å². The van der Waals surface area contributed by atoms with E-state index in [1.165, 1.54) is 33.4 Å². The maximum atomic E-state index is 4.56. The summed E-state index contributed by atoms with van der Waals surface area (Å²) in [5, 5.41) is 9.12. The molecule has 0 amide bonds. The molecule has 2 heteroatoms. The topological polar surface area (TPSA) is 24.7 Å².